The van der Waals surface area contributed by atoms with Crippen molar-refractivity contribution in [2.45, 2.75) is 11.8 Å². The van der Waals surface area contributed by atoms with Crippen LogP contribution in [-0.2, 0) is 11.1 Å². The van der Waals surface area contributed by atoms with E-state index in [2.05, 4.69) is 15.3 Å². The molecule has 0 saturated heterocycles. The van der Waals surface area contributed by atoms with E-state index in [-0.39, 0.29) is 16.6 Å². The number of carbonyl (C=O) groups is 1. The Labute approximate surface area is 202 Å². The highest BCUT2D eigenvalue weighted by molar-refractivity contribution is 7.79. The van der Waals surface area contributed by atoms with E-state index in [0.29, 0.717) is 28.3 Å². The number of anilines is 1. The summed E-state index contributed by atoms with van der Waals surface area (Å²) >= 11 is -2.09. The number of aryl methyl sites for hydroxylation is 1. The summed E-state index contributed by atoms with van der Waals surface area (Å²) in [5.74, 6) is -0.658. The number of carbonyl (C=O) groups excluding carboxylic acids is 1. The van der Waals surface area contributed by atoms with Crippen LogP contribution in [-0.4, -0.2) is 29.0 Å². The van der Waals surface area contributed by atoms with Gasteiger partial charge in [0.05, 0.1) is 16.8 Å². The maximum atomic E-state index is 13.8. The second kappa shape index (κ2) is 9.21. The summed E-state index contributed by atoms with van der Waals surface area (Å²) in [5.41, 5.74) is 5.04. The Kier molecular flexibility index (Phi) is 5.94. The number of hydrogen-bond acceptors (Lipinski definition) is 4. The predicted octanol–water partition coefficient (Wildman–Crippen LogP) is 5.34. The van der Waals surface area contributed by atoms with Crippen molar-refractivity contribution in [3.05, 3.63) is 102 Å². The van der Waals surface area contributed by atoms with E-state index in [1.165, 1.54) is 24.4 Å². The molecule has 0 fully saturated rings. The van der Waals surface area contributed by atoms with Crippen molar-refractivity contribution >= 4 is 28.3 Å². The van der Waals surface area contributed by atoms with Crippen LogP contribution in [0.1, 0.15) is 16.1 Å². The van der Waals surface area contributed by atoms with Crippen LogP contribution in [0.25, 0.3) is 28.0 Å². The quantitative estimate of drug-likeness (QED) is 0.327. The first-order valence-corrected chi connectivity index (χ1v) is 11.7. The molecule has 0 radical (unpaired) electrons. The lowest BCUT2D eigenvalue weighted by molar-refractivity contribution is 0.102. The van der Waals surface area contributed by atoms with Crippen LogP contribution in [0.3, 0.4) is 0 Å². The summed E-state index contributed by atoms with van der Waals surface area (Å²) in [6.07, 6.45) is 4.98. The summed E-state index contributed by atoms with van der Waals surface area (Å²) in [6, 6.07) is 18.4. The van der Waals surface area contributed by atoms with Gasteiger partial charge >= 0.3 is 0 Å². The number of pyridine rings is 2. The number of aromatic nitrogens is 3. The van der Waals surface area contributed by atoms with Gasteiger partial charge in [-0.1, -0.05) is 6.07 Å². The molecule has 0 aliphatic heterocycles. The lowest BCUT2D eigenvalue weighted by atomic mass is 9.99. The first kappa shape index (κ1) is 22.6. The zero-order valence-corrected chi connectivity index (χ0v) is 19.3. The SMILES string of the molecule is Cc1cc(-c2ncccc2-c2ccc3ncc(C(=O)Nc4ccc(S(=O)O)cc4)n3c2)ccc1F. The van der Waals surface area contributed by atoms with Gasteiger partial charge in [-0.2, -0.15) is 0 Å². The Balaban J connectivity index is 1.51. The Morgan fingerprint density at radius 3 is 2.54 bits per heavy atom. The van der Waals surface area contributed by atoms with Crippen LogP contribution >= 0.6 is 0 Å². The normalized spacial score (nSPS) is 12.0. The minimum Gasteiger partial charge on any atom is -0.321 e. The van der Waals surface area contributed by atoms with E-state index in [0.717, 1.165) is 16.7 Å². The molecule has 1 atom stereocenters. The third kappa shape index (κ3) is 4.46. The monoisotopic (exact) mass is 486 g/mol. The second-order valence-corrected chi connectivity index (χ2v) is 8.85. The number of nitrogens with zero attached hydrogens (tertiary/aromatic N) is 3. The molecule has 0 saturated carbocycles. The van der Waals surface area contributed by atoms with E-state index < -0.39 is 11.1 Å². The topological polar surface area (TPSA) is 96.6 Å². The summed E-state index contributed by atoms with van der Waals surface area (Å²) < 4.78 is 35.8. The molecule has 1 unspecified atom stereocenters. The lowest BCUT2D eigenvalue weighted by Crippen LogP contribution is -2.14. The van der Waals surface area contributed by atoms with Crippen LogP contribution in [0.5, 0.6) is 0 Å². The zero-order valence-electron chi connectivity index (χ0n) is 18.5. The molecule has 7 nitrogen and oxygen atoms in total. The number of halogens is 1. The molecule has 0 spiro atoms. The molecule has 1 amide bonds. The van der Waals surface area contributed by atoms with Gasteiger partial charge in [-0.25, -0.2) is 13.6 Å². The fourth-order valence-electron chi connectivity index (χ4n) is 3.82. The molecule has 3 aromatic heterocycles. The van der Waals surface area contributed by atoms with Crippen molar-refractivity contribution in [1.82, 2.24) is 14.4 Å². The zero-order chi connectivity index (χ0) is 24.5. The fraction of sp³-hybridized carbons (Fsp3) is 0.0385. The van der Waals surface area contributed by atoms with E-state index in [4.69, 9.17) is 4.55 Å². The van der Waals surface area contributed by atoms with E-state index >= 15 is 0 Å². The number of imidazole rings is 1. The van der Waals surface area contributed by atoms with Gasteiger partial charge < -0.3 is 9.87 Å². The molecular formula is C26H19FN4O3S. The Bertz CT molecular complexity index is 1600. The maximum absolute atomic E-state index is 13.8. The highest BCUT2D eigenvalue weighted by Crippen LogP contribution is 2.31. The number of benzene rings is 2. The number of nitrogens with one attached hydrogen (secondary N) is 1. The summed E-state index contributed by atoms with van der Waals surface area (Å²) in [4.78, 5) is 22.1. The standard InChI is InChI=1S/C26H19FN4O3S/c1-16-13-17(4-10-22(16)27)25-21(3-2-12-28-25)18-5-11-24-29-14-23(31(24)15-18)26(32)30-19-6-8-20(9-7-19)35(33)34/h2-15H,1H3,(H,30,32)(H,33,34). The number of amides is 1. The van der Waals surface area contributed by atoms with Crippen LogP contribution in [0.15, 0.2) is 90.2 Å². The Morgan fingerprint density at radius 1 is 1.03 bits per heavy atom. The first-order chi connectivity index (χ1) is 16.9. The largest absolute Gasteiger partial charge is 0.321 e. The van der Waals surface area contributed by atoms with Crippen molar-refractivity contribution in [3.8, 4) is 22.4 Å². The highest BCUT2D eigenvalue weighted by atomic mass is 32.2. The van der Waals surface area contributed by atoms with Gasteiger partial charge in [0.15, 0.2) is 11.1 Å². The minimum atomic E-state index is -2.09. The molecule has 35 heavy (non-hydrogen) atoms. The molecule has 2 N–H and O–H groups in total. The molecule has 0 bridgehead atoms. The van der Waals surface area contributed by atoms with Crippen LogP contribution in [0.2, 0.25) is 0 Å². The number of fused-ring (bicyclic) bond motifs is 1. The van der Waals surface area contributed by atoms with E-state index in [1.807, 2.05) is 30.5 Å². The molecule has 5 rings (SSSR count). The first-order valence-electron chi connectivity index (χ1n) is 10.6. The molecule has 5 aromatic rings. The maximum Gasteiger partial charge on any atom is 0.274 e. The number of rotatable bonds is 5. The molecule has 3 heterocycles. The van der Waals surface area contributed by atoms with Gasteiger partial charge in [-0.05, 0) is 73.2 Å². The molecule has 0 aliphatic carbocycles. The van der Waals surface area contributed by atoms with Gasteiger partial charge in [0.25, 0.3) is 5.91 Å². The summed E-state index contributed by atoms with van der Waals surface area (Å²) in [5, 5.41) is 2.78. The van der Waals surface area contributed by atoms with Gasteiger partial charge in [0.2, 0.25) is 0 Å². The second-order valence-electron chi connectivity index (χ2n) is 7.88. The van der Waals surface area contributed by atoms with Crippen molar-refractivity contribution < 1.29 is 17.9 Å². The van der Waals surface area contributed by atoms with Crippen molar-refractivity contribution in [2.24, 2.45) is 0 Å². The molecule has 174 valence electrons. The Hall–Kier alpha value is -4.21. The average molecular weight is 487 g/mol. The van der Waals surface area contributed by atoms with Gasteiger partial charge in [-0.3, -0.25) is 14.2 Å². The van der Waals surface area contributed by atoms with Crippen molar-refractivity contribution in [2.75, 3.05) is 5.32 Å². The summed E-state index contributed by atoms with van der Waals surface area (Å²) in [7, 11) is 0. The van der Waals surface area contributed by atoms with Crippen molar-refractivity contribution in [1.29, 1.82) is 0 Å². The smallest absolute Gasteiger partial charge is 0.274 e. The Morgan fingerprint density at radius 2 is 1.80 bits per heavy atom. The third-order valence-electron chi connectivity index (χ3n) is 5.60. The third-order valence-corrected chi connectivity index (χ3v) is 6.28. The van der Waals surface area contributed by atoms with Crippen LogP contribution < -0.4 is 5.32 Å². The fourth-order valence-corrected chi connectivity index (χ4v) is 4.19. The van der Waals surface area contributed by atoms with E-state index in [9.17, 15) is 13.4 Å². The molecule has 9 heteroatoms. The van der Waals surface area contributed by atoms with Crippen LogP contribution in [0.4, 0.5) is 10.1 Å². The molecule has 2 aromatic carbocycles. The lowest BCUT2D eigenvalue weighted by Gasteiger charge is -2.11. The van der Waals surface area contributed by atoms with Crippen LogP contribution in [0, 0.1) is 12.7 Å². The van der Waals surface area contributed by atoms with Gasteiger partial charge in [0, 0.05) is 34.8 Å². The predicted molar refractivity (Wildman–Crippen MR) is 132 cm³/mol. The van der Waals surface area contributed by atoms with Gasteiger partial charge in [0.1, 0.15) is 17.2 Å². The number of hydrogen-bond donors (Lipinski definition) is 2. The highest BCUT2D eigenvalue weighted by Gasteiger charge is 2.16. The summed E-state index contributed by atoms with van der Waals surface area (Å²) in [6.45, 7) is 1.71. The van der Waals surface area contributed by atoms with E-state index in [1.54, 1.807) is 41.8 Å². The average Bonchev–Trinajstić information content (AvgIpc) is 3.29. The molecule has 0 aliphatic rings. The minimum absolute atomic E-state index is 0.242. The molecular weight excluding hydrogens is 467 g/mol. The van der Waals surface area contributed by atoms with Crippen molar-refractivity contribution in [3.63, 3.8) is 0 Å². The van der Waals surface area contributed by atoms with Gasteiger partial charge in [-0.15, -0.1) is 0 Å².